The number of rotatable bonds is 4. The number of thioether (sulfide) groups is 1. The van der Waals surface area contributed by atoms with Crippen LogP contribution in [0.4, 0.5) is 4.39 Å². The lowest BCUT2D eigenvalue weighted by Gasteiger charge is -2.32. The summed E-state index contributed by atoms with van der Waals surface area (Å²) in [5.41, 5.74) is 3.51. The van der Waals surface area contributed by atoms with Crippen molar-refractivity contribution >= 4 is 40.3 Å². The van der Waals surface area contributed by atoms with Gasteiger partial charge in [0.05, 0.1) is 5.41 Å². The van der Waals surface area contributed by atoms with Crippen molar-refractivity contribution in [2.45, 2.75) is 64.7 Å². The van der Waals surface area contributed by atoms with E-state index in [-0.39, 0.29) is 23.4 Å². The molecule has 1 aromatic heterocycles. The van der Waals surface area contributed by atoms with Gasteiger partial charge in [0.1, 0.15) is 17.4 Å². The van der Waals surface area contributed by atoms with Gasteiger partial charge in [-0.1, -0.05) is 56.7 Å². The van der Waals surface area contributed by atoms with E-state index < -0.39 is 17.2 Å². The van der Waals surface area contributed by atoms with Crippen molar-refractivity contribution in [3.8, 4) is 11.5 Å². The summed E-state index contributed by atoms with van der Waals surface area (Å²) in [7, 11) is 1.77. The molecule has 0 radical (unpaired) electrons. The average molecular weight is 643 g/mol. The molecular formula is C37H43FN4O3S. The third-order valence-electron chi connectivity index (χ3n) is 8.89. The minimum absolute atomic E-state index is 0.0457. The zero-order chi connectivity index (χ0) is 32.9. The number of H-pyrrole nitrogens is 1. The molecule has 5 rings (SSSR count). The van der Waals surface area contributed by atoms with Gasteiger partial charge in [0.2, 0.25) is 0 Å². The van der Waals surface area contributed by atoms with Gasteiger partial charge in [-0.3, -0.25) is 10.2 Å². The molecule has 9 heteroatoms. The number of halogens is 1. The Balaban J connectivity index is 1.57. The highest BCUT2D eigenvalue weighted by atomic mass is 32.2. The van der Waals surface area contributed by atoms with Crippen LogP contribution in [0.1, 0.15) is 68.7 Å². The third-order valence-corrected chi connectivity index (χ3v) is 10.4. The summed E-state index contributed by atoms with van der Waals surface area (Å²) < 4.78 is 21.9. The van der Waals surface area contributed by atoms with Crippen LogP contribution < -0.4 is 10.1 Å². The highest BCUT2D eigenvalue weighted by Crippen LogP contribution is 2.38. The van der Waals surface area contributed by atoms with E-state index in [9.17, 15) is 15.3 Å². The fourth-order valence-corrected chi connectivity index (χ4v) is 7.33. The van der Waals surface area contributed by atoms with Crippen molar-refractivity contribution in [2.75, 3.05) is 18.6 Å². The molecule has 0 fully saturated rings. The Morgan fingerprint density at radius 3 is 2.72 bits per heavy atom. The molecule has 0 saturated carbocycles. The maximum absolute atomic E-state index is 15.6. The molecule has 4 N–H and O–H groups in total. The number of fused-ring (bicyclic) bond motifs is 5. The lowest BCUT2D eigenvalue weighted by atomic mass is 9.75. The van der Waals surface area contributed by atoms with Gasteiger partial charge in [0.25, 0.3) is 0 Å². The molecule has 2 bridgehead atoms. The molecule has 0 saturated heterocycles. The smallest absolute Gasteiger partial charge is 0.303 e. The number of hydrogen-bond acceptors (Lipinski definition) is 5. The number of amidine groups is 2. The number of nitrogens with one attached hydrogen (secondary N) is 3. The van der Waals surface area contributed by atoms with E-state index in [1.54, 1.807) is 13.1 Å². The number of benzene rings is 3. The number of aliphatic carboxylic acids is 1. The van der Waals surface area contributed by atoms with Crippen LogP contribution in [0.2, 0.25) is 0 Å². The highest BCUT2D eigenvalue weighted by Gasteiger charge is 2.33. The predicted molar refractivity (Wildman–Crippen MR) is 187 cm³/mol. The summed E-state index contributed by atoms with van der Waals surface area (Å²) in [5.74, 6) is 1.94. The second-order valence-electron chi connectivity index (χ2n) is 13.0. The largest absolute Gasteiger partial charge is 0.481 e. The van der Waals surface area contributed by atoms with E-state index >= 15 is 4.39 Å². The van der Waals surface area contributed by atoms with Gasteiger partial charge in [-0.2, -0.15) is 11.8 Å². The molecule has 4 aromatic rings. The van der Waals surface area contributed by atoms with Crippen molar-refractivity contribution in [3.63, 3.8) is 0 Å². The molecule has 46 heavy (non-hydrogen) atoms. The van der Waals surface area contributed by atoms with Crippen LogP contribution in [0.3, 0.4) is 0 Å². The van der Waals surface area contributed by atoms with Crippen molar-refractivity contribution < 1.29 is 19.0 Å². The normalized spacial score (nSPS) is 20.5. The van der Waals surface area contributed by atoms with Gasteiger partial charge < -0.3 is 20.1 Å². The molecule has 2 heterocycles. The van der Waals surface area contributed by atoms with Crippen molar-refractivity contribution in [2.24, 2.45) is 10.4 Å². The minimum Gasteiger partial charge on any atom is -0.481 e. The van der Waals surface area contributed by atoms with Gasteiger partial charge in [-0.25, -0.2) is 9.38 Å². The van der Waals surface area contributed by atoms with E-state index in [0.717, 1.165) is 51.9 Å². The molecule has 7 nitrogen and oxygen atoms in total. The second-order valence-corrected chi connectivity index (χ2v) is 14.1. The molecule has 242 valence electrons. The number of carboxylic acid groups (broad SMARTS) is 1. The van der Waals surface area contributed by atoms with E-state index in [4.69, 9.17) is 9.73 Å². The Bertz CT molecular complexity index is 1760. The van der Waals surface area contributed by atoms with Crippen LogP contribution in [0, 0.1) is 16.6 Å². The number of carbonyl (C=O) groups is 1. The maximum Gasteiger partial charge on any atom is 0.303 e. The standard InChI is InChI=1S/C37H43FN4O3S/c1-36(2)16-7-17-37(3,26-10-5-8-24(20-26)12-13-32(43)44)35(39)42-34(40-4)25-9-6-11-27(21-25)45-33-29(15-19-46-23-36)28-14-18-41-31(28)22-30(33)38/h5-6,8-11,14,18,20-22,41H,7,12-13,15-17,19,23H2,1-4H3,(H,43,44)(H2,39,40,42). The minimum atomic E-state index is -0.834. The zero-order valence-corrected chi connectivity index (χ0v) is 27.8. The Morgan fingerprint density at radius 2 is 1.93 bits per heavy atom. The van der Waals surface area contributed by atoms with Gasteiger partial charge in [-0.15, -0.1) is 0 Å². The summed E-state index contributed by atoms with van der Waals surface area (Å²) in [4.78, 5) is 19.3. The van der Waals surface area contributed by atoms with E-state index in [0.29, 0.717) is 36.4 Å². The number of nitrogens with zero attached hydrogens (tertiary/aromatic N) is 1. The lowest BCUT2D eigenvalue weighted by molar-refractivity contribution is -0.136. The van der Waals surface area contributed by atoms with Crippen molar-refractivity contribution in [1.82, 2.24) is 10.3 Å². The molecule has 1 aliphatic heterocycles. The van der Waals surface area contributed by atoms with Gasteiger partial charge in [0, 0.05) is 47.8 Å². The molecular weight excluding hydrogens is 599 g/mol. The summed E-state index contributed by atoms with van der Waals surface area (Å²) in [6, 6.07) is 18.7. The topological polar surface area (TPSA) is 111 Å². The highest BCUT2D eigenvalue weighted by molar-refractivity contribution is 7.99. The molecule has 3 aromatic carbocycles. The number of hydrogen-bond donors (Lipinski definition) is 4. The summed E-state index contributed by atoms with van der Waals surface area (Å²) in [6.07, 6.45) is 5.53. The van der Waals surface area contributed by atoms with Crippen molar-refractivity contribution in [3.05, 3.63) is 94.9 Å². The molecule has 1 unspecified atom stereocenters. The fraction of sp³-hybridized carbons (Fsp3) is 0.378. The van der Waals surface area contributed by atoms with E-state index in [1.165, 1.54) is 6.07 Å². The Hall–Kier alpha value is -4.11. The summed E-state index contributed by atoms with van der Waals surface area (Å²) in [6.45, 7) is 6.61. The first-order chi connectivity index (χ1) is 22.0. The van der Waals surface area contributed by atoms with Crippen molar-refractivity contribution in [1.29, 1.82) is 5.41 Å². The number of aryl methyl sites for hydroxylation is 2. The summed E-state index contributed by atoms with van der Waals surface area (Å²) in [5, 5.41) is 22.7. The van der Waals surface area contributed by atoms with E-state index in [2.05, 4.69) is 31.1 Å². The maximum atomic E-state index is 15.6. The van der Waals surface area contributed by atoms with Crippen LogP contribution in [0.5, 0.6) is 11.5 Å². The van der Waals surface area contributed by atoms with Gasteiger partial charge in [0.15, 0.2) is 11.6 Å². The number of aromatic nitrogens is 1. The van der Waals surface area contributed by atoms with Gasteiger partial charge >= 0.3 is 5.97 Å². The number of aromatic amines is 1. The summed E-state index contributed by atoms with van der Waals surface area (Å²) >= 11 is 1.87. The van der Waals surface area contributed by atoms with Crippen LogP contribution in [-0.2, 0) is 23.1 Å². The predicted octanol–water partition coefficient (Wildman–Crippen LogP) is 8.50. The third kappa shape index (κ3) is 7.64. The Kier molecular flexibility index (Phi) is 10.2. The van der Waals surface area contributed by atoms with Crippen LogP contribution >= 0.6 is 11.8 Å². The fourth-order valence-electron chi connectivity index (χ4n) is 6.14. The number of aliphatic imine (C=N–C) groups is 1. The zero-order valence-electron chi connectivity index (χ0n) is 27.0. The number of ether oxygens (including phenoxy) is 1. The van der Waals surface area contributed by atoms with Crippen LogP contribution in [0.25, 0.3) is 10.9 Å². The molecule has 1 aliphatic rings. The molecule has 0 amide bonds. The quantitative estimate of drug-likeness (QED) is 0.178. The SMILES string of the molecule is CN/C1=N\C(=N)C(C)(c2cccc(CCC(=O)O)c2)CCCC(C)(C)CSCCc2c(c(F)cc3[nH]ccc23)Oc2cccc1c2. The Labute approximate surface area is 274 Å². The molecule has 0 aliphatic carbocycles. The second kappa shape index (κ2) is 14.1. The lowest BCUT2D eigenvalue weighted by Crippen LogP contribution is -2.34. The van der Waals surface area contributed by atoms with Crippen LogP contribution in [-0.4, -0.2) is 46.3 Å². The van der Waals surface area contributed by atoms with Crippen LogP contribution in [0.15, 0.2) is 71.9 Å². The monoisotopic (exact) mass is 642 g/mol. The average Bonchev–Trinajstić information content (AvgIpc) is 3.49. The Morgan fingerprint density at radius 1 is 1.13 bits per heavy atom. The first kappa shape index (κ1) is 33.3. The molecule has 0 spiro atoms. The molecule has 1 atom stereocenters. The van der Waals surface area contributed by atoms with E-state index in [1.807, 2.05) is 66.5 Å². The first-order valence-electron chi connectivity index (χ1n) is 15.8. The van der Waals surface area contributed by atoms with Gasteiger partial charge in [-0.05, 0) is 78.9 Å². The number of carboxylic acids is 1. The first-order valence-corrected chi connectivity index (χ1v) is 17.0.